The second-order valence-corrected chi connectivity index (χ2v) is 1.59. The van der Waals surface area contributed by atoms with Crippen molar-refractivity contribution < 1.29 is 9.21 Å². The van der Waals surface area contributed by atoms with Gasteiger partial charge in [-0.2, -0.15) is 0 Å². The van der Waals surface area contributed by atoms with Crippen LogP contribution in [0.3, 0.4) is 0 Å². The normalized spacial score (nSPS) is 8.89. The second kappa shape index (κ2) is 2.91. The highest BCUT2D eigenvalue weighted by Gasteiger charge is 1.89. The predicted molar refractivity (Wildman–Crippen MR) is 31.2 cm³/mol. The lowest BCUT2D eigenvalue weighted by molar-refractivity contribution is 0.540. The zero-order chi connectivity index (χ0) is 6.53. The summed E-state index contributed by atoms with van der Waals surface area (Å²) in [6.45, 7) is 0.486. The molecule has 1 aromatic rings. The molecule has 0 aliphatic carbocycles. The summed E-state index contributed by atoms with van der Waals surface area (Å²) < 4.78 is 4.74. The van der Waals surface area contributed by atoms with Gasteiger partial charge < -0.3 is 9.73 Å². The molecule has 1 heterocycles. The number of hydrogen-bond donors (Lipinski definition) is 1. The Morgan fingerprint density at radius 3 is 3.22 bits per heavy atom. The highest BCUT2D eigenvalue weighted by Crippen LogP contribution is 1.97. The third kappa shape index (κ3) is 1.60. The molecule has 9 heavy (non-hydrogen) atoms. The van der Waals surface area contributed by atoms with Crippen LogP contribution in [0.4, 0.5) is 0 Å². The Morgan fingerprint density at radius 2 is 2.67 bits per heavy atom. The van der Waals surface area contributed by atoms with E-state index in [4.69, 9.17) is 4.42 Å². The minimum atomic E-state index is 0.486. The van der Waals surface area contributed by atoms with Crippen LogP contribution in [0.5, 0.6) is 0 Å². The van der Waals surface area contributed by atoms with Crippen molar-refractivity contribution in [2.45, 2.75) is 6.54 Å². The molecule has 0 aromatic carbocycles. The smallest absolute Gasteiger partial charge is 0.309 e. The first-order valence-electron chi connectivity index (χ1n) is 2.54. The summed E-state index contributed by atoms with van der Waals surface area (Å²) in [7, 11) is 0. The minimum Gasteiger partial charge on any atom is -0.472 e. The largest absolute Gasteiger partial charge is 0.472 e. The summed E-state index contributed by atoms with van der Waals surface area (Å²) in [6.07, 6.45) is 4.70. The molecule has 1 N–H and O–H groups in total. The molecular weight excluding hydrogens is 118 g/mol. The number of nitrogens with one attached hydrogen (secondary N) is 1. The van der Waals surface area contributed by atoms with Crippen molar-refractivity contribution in [3.05, 3.63) is 24.2 Å². The molecule has 1 amide bonds. The Labute approximate surface area is 52.7 Å². The van der Waals surface area contributed by atoms with Gasteiger partial charge in [0.1, 0.15) is 0 Å². The fraction of sp³-hybridized carbons (Fsp3) is 0.167. The van der Waals surface area contributed by atoms with Gasteiger partial charge in [0, 0.05) is 12.1 Å². The van der Waals surface area contributed by atoms with Gasteiger partial charge in [0.05, 0.1) is 12.5 Å². The summed E-state index contributed by atoms with van der Waals surface area (Å²) >= 11 is 0. The van der Waals surface area contributed by atoms with E-state index in [0.29, 0.717) is 6.54 Å². The average molecular weight is 124 g/mol. The summed E-state index contributed by atoms with van der Waals surface area (Å²) in [4.78, 5) is 9.63. The third-order valence-electron chi connectivity index (χ3n) is 0.945. The fourth-order valence-corrected chi connectivity index (χ4v) is 0.531. The van der Waals surface area contributed by atoms with E-state index in [0.717, 1.165) is 5.56 Å². The first kappa shape index (κ1) is 5.88. The van der Waals surface area contributed by atoms with Crippen molar-refractivity contribution >= 4 is 6.41 Å². The molecule has 0 aliphatic heterocycles. The average Bonchev–Trinajstić information content (AvgIpc) is 2.34. The van der Waals surface area contributed by atoms with Crippen LogP contribution in [0.1, 0.15) is 5.56 Å². The minimum absolute atomic E-state index is 0.486. The molecule has 0 bridgehead atoms. The van der Waals surface area contributed by atoms with Crippen molar-refractivity contribution in [3.8, 4) is 0 Å². The molecule has 0 unspecified atom stereocenters. The lowest BCUT2D eigenvalue weighted by atomic mass is 10.3. The lowest BCUT2D eigenvalue weighted by Crippen LogP contribution is -2.08. The van der Waals surface area contributed by atoms with Gasteiger partial charge in [0.15, 0.2) is 0 Å². The molecular formula is C6H6NO2. The number of amides is 1. The Morgan fingerprint density at radius 1 is 1.78 bits per heavy atom. The molecule has 1 rings (SSSR count). The molecule has 3 nitrogen and oxygen atoms in total. The number of carbonyl (C=O) groups excluding carboxylic acids is 1. The van der Waals surface area contributed by atoms with E-state index >= 15 is 0 Å². The maximum absolute atomic E-state index is 9.63. The van der Waals surface area contributed by atoms with Gasteiger partial charge in [0.2, 0.25) is 0 Å². The summed E-state index contributed by atoms with van der Waals surface area (Å²) in [5.41, 5.74) is 0.943. The van der Waals surface area contributed by atoms with Crippen LogP contribution in [0.2, 0.25) is 0 Å². The van der Waals surface area contributed by atoms with E-state index in [1.165, 1.54) is 0 Å². The molecule has 0 fully saturated rings. The van der Waals surface area contributed by atoms with Crippen LogP contribution in [-0.2, 0) is 11.3 Å². The number of hydrogen-bond acceptors (Lipinski definition) is 2. The molecule has 0 saturated heterocycles. The van der Waals surface area contributed by atoms with Crippen LogP contribution in [0.25, 0.3) is 0 Å². The Kier molecular flexibility index (Phi) is 1.90. The van der Waals surface area contributed by atoms with Crippen molar-refractivity contribution in [1.29, 1.82) is 0 Å². The fourth-order valence-electron chi connectivity index (χ4n) is 0.531. The molecule has 1 radical (unpaired) electrons. The molecule has 3 heteroatoms. The van der Waals surface area contributed by atoms with Gasteiger partial charge in [-0.05, 0) is 6.07 Å². The van der Waals surface area contributed by atoms with Gasteiger partial charge in [0.25, 0.3) is 0 Å². The quantitative estimate of drug-likeness (QED) is 0.594. The van der Waals surface area contributed by atoms with E-state index in [1.54, 1.807) is 25.0 Å². The highest BCUT2D eigenvalue weighted by atomic mass is 16.3. The van der Waals surface area contributed by atoms with Crippen molar-refractivity contribution in [3.63, 3.8) is 0 Å². The van der Waals surface area contributed by atoms with Gasteiger partial charge in [-0.1, -0.05) is 0 Å². The maximum Gasteiger partial charge on any atom is 0.309 e. The molecule has 0 aliphatic rings. The monoisotopic (exact) mass is 124 g/mol. The number of furan rings is 1. The zero-order valence-corrected chi connectivity index (χ0v) is 4.76. The predicted octanol–water partition coefficient (Wildman–Crippen LogP) is 0.436. The van der Waals surface area contributed by atoms with Crippen LogP contribution >= 0.6 is 0 Å². The maximum atomic E-state index is 9.63. The summed E-state index contributed by atoms with van der Waals surface area (Å²) in [5.74, 6) is 0. The molecule has 0 saturated carbocycles. The van der Waals surface area contributed by atoms with Gasteiger partial charge in [-0.15, -0.1) is 0 Å². The van der Waals surface area contributed by atoms with E-state index in [9.17, 15) is 4.79 Å². The van der Waals surface area contributed by atoms with Crippen molar-refractivity contribution in [1.82, 2.24) is 5.32 Å². The van der Waals surface area contributed by atoms with Gasteiger partial charge >= 0.3 is 6.41 Å². The van der Waals surface area contributed by atoms with Crippen LogP contribution in [0, 0.1) is 0 Å². The molecule has 1 aromatic heterocycles. The topological polar surface area (TPSA) is 42.2 Å². The Hall–Kier alpha value is -1.25. The summed E-state index contributed by atoms with van der Waals surface area (Å²) in [6, 6.07) is 1.78. The SMILES string of the molecule is O=[C]NCc1ccoc1. The third-order valence-corrected chi connectivity index (χ3v) is 0.945. The van der Waals surface area contributed by atoms with Gasteiger partial charge in [-0.25, -0.2) is 0 Å². The van der Waals surface area contributed by atoms with Crippen LogP contribution in [0.15, 0.2) is 23.0 Å². The number of rotatable bonds is 3. The standard InChI is InChI=1S/C6H6NO2/c8-5-7-3-6-1-2-9-4-6/h1-2,4H,3H2,(H,7,8). The Bertz CT molecular complexity index is 169. The van der Waals surface area contributed by atoms with Gasteiger partial charge in [-0.3, -0.25) is 4.79 Å². The van der Waals surface area contributed by atoms with E-state index in [1.807, 2.05) is 0 Å². The van der Waals surface area contributed by atoms with Crippen molar-refractivity contribution in [2.75, 3.05) is 0 Å². The second-order valence-electron chi connectivity index (χ2n) is 1.59. The first-order valence-corrected chi connectivity index (χ1v) is 2.54. The van der Waals surface area contributed by atoms with E-state index in [-0.39, 0.29) is 0 Å². The van der Waals surface area contributed by atoms with Crippen LogP contribution < -0.4 is 5.32 Å². The van der Waals surface area contributed by atoms with Crippen molar-refractivity contribution in [2.24, 2.45) is 0 Å². The van der Waals surface area contributed by atoms with E-state index < -0.39 is 0 Å². The first-order chi connectivity index (χ1) is 4.43. The van der Waals surface area contributed by atoms with E-state index in [2.05, 4.69) is 5.32 Å². The van der Waals surface area contributed by atoms with Crippen LogP contribution in [-0.4, -0.2) is 6.41 Å². The highest BCUT2D eigenvalue weighted by molar-refractivity contribution is 5.47. The lowest BCUT2D eigenvalue weighted by Gasteiger charge is -1.88. The molecule has 47 valence electrons. The molecule has 0 spiro atoms. The Balaban J connectivity index is 2.38. The summed E-state index contributed by atoms with van der Waals surface area (Å²) in [5, 5.41) is 2.39. The zero-order valence-electron chi connectivity index (χ0n) is 4.76. The molecule has 0 atom stereocenters.